The van der Waals surface area contributed by atoms with E-state index in [0.29, 0.717) is 36.8 Å². The van der Waals surface area contributed by atoms with Crippen molar-refractivity contribution in [1.29, 1.82) is 5.26 Å². The summed E-state index contributed by atoms with van der Waals surface area (Å²) in [6.07, 6.45) is -9.06. The van der Waals surface area contributed by atoms with Crippen LogP contribution in [0.25, 0.3) is 32.1 Å². The predicted octanol–water partition coefficient (Wildman–Crippen LogP) is 6.85. The van der Waals surface area contributed by atoms with Crippen LogP contribution in [0.2, 0.25) is 0 Å². The number of methoxy groups -OCH3 is 1. The Morgan fingerprint density at radius 3 is 2.55 bits per heavy atom. The van der Waals surface area contributed by atoms with Gasteiger partial charge in [-0.3, -0.25) is 9.69 Å². The van der Waals surface area contributed by atoms with Crippen LogP contribution in [0.3, 0.4) is 0 Å². The van der Waals surface area contributed by atoms with E-state index in [-0.39, 0.29) is 46.7 Å². The maximum Gasteiger partial charge on any atom is 0.419 e. The van der Waals surface area contributed by atoms with E-state index in [0.717, 1.165) is 18.2 Å². The lowest BCUT2D eigenvalue weighted by atomic mass is 9.88. The van der Waals surface area contributed by atoms with Gasteiger partial charge in [0.05, 0.1) is 39.1 Å². The van der Waals surface area contributed by atoms with Crippen molar-refractivity contribution in [2.75, 3.05) is 51.5 Å². The average molecular weight is 766 g/mol. The maximum absolute atomic E-state index is 15.6. The van der Waals surface area contributed by atoms with Crippen molar-refractivity contribution in [2.45, 2.75) is 56.3 Å². The van der Waals surface area contributed by atoms with Crippen LogP contribution in [0.1, 0.15) is 36.5 Å². The van der Waals surface area contributed by atoms with E-state index in [4.69, 9.17) is 15.2 Å². The fraction of sp³-hybridized carbons (Fsp3) is 0.429. The van der Waals surface area contributed by atoms with E-state index < -0.39 is 80.4 Å². The van der Waals surface area contributed by atoms with Crippen molar-refractivity contribution >= 4 is 49.1 Å². The number of carbonyl (C=O) groups excluding carboxylic acids is 1. The summed E-state index contributed by atoms with van der Waals surface area (Å²) in [6, 6.07) is 1.83. The number of fused-ring (bicyclic) bond motifs is 2. The van der Waals surface area contributed by atoms with Crippen molar-refractivity contribution in [2.24, 2.45) is 0 Å². The standard InChI is InChI=1S/C35H34F7N7O3S/c1-6-25(50)49-10-9-24(16(49)2)48(4)32-20-12-22(34(37,38)39)27(19-7-8-23(36)30-26(19)21(13-43)31(44)53-30)28(35(40,41)42)29(20)45-33(46-32)52-15-17-11-18(51-5)14-47(17)3/h6-8,12,16-18,24H,1,9-11,14-15,44H2,2-5H3/t16?,17-,18+,24?/m0/s1. The highest BCUT2D eigenvalue weighted by atomic mass is 32.1. The molecule has 10 nitrogen and oxygen atoms in total. The molecule has 0 bridgehead atoms. The number of likely N-dealkylation sites (N-methyl/N-ethyl adjacent to an activating group) is 2. The van der Waals surface area contributed by atoms with Gasteiger partial charge in [-0.25, -0.2) is 4.39 Å². The molecule has 2 N–H and O–H groups in total. The summed E-state index contributed by atoms with van der Waals surface area (Å²) in [5, 5.41) is 8.49. The molecule has 4 aromatic rings. The van der Waals surface area contributed by atoms with Crippen LogP contribution in [0.15, 0.2) is 30.9 Å². The summed E-state index contributed by atoms with van der Waals surface area (Å²) in [4.78, 5) is 26.0. The third kappa shape index (κ3) is 6.70. The largest absolute Gasteiger partial charge is 0.462 e. The molecule has 2 aliphatic rings. The lowest BCUT2D eigenvalue weighted by Crippen LogP contribution is -2.43. The van der Waals surface area contributed by atoms with Crippen molar-refractivity contribution in [3.8, 4) is 23.2 Å². The Labute approximate surface area is 303 Å². The minimum Gasteiger partial charge on any atom is -0.462 e. The van der Waals surface area contributed by atoms with Crippen molar-refractivity contribution in [1.82, 2.24) is 19.8 Å². The van der Waals surface area contributed by atoms with Crippen LogP contribution in [0, 0.1) is 17.1 Å². The Morgan fingerprint density at radius 1 is 1.23 bits per heavy atom. The molecule has 1 amide bonds. The molecule has 53 heavy (non-hydrogen) atoms. The third-order valence-corrected chi connectivity index (χ3v) is 11.2. The number of hydrogen-bond acceptors (Lipinski definition) is 10. The molecule has 2 aromatic heterocycles. The van der Waals surface area contributed by atoms with Gasteiger partial charge in [0.1, 0.15) is 29.3 Å². The number of nitrogens with two attached hydrogens (primary N) is 1. The molecule has 18 heteroatoms. The van der Waals surface area contributed by atoms with Gasteiger partial charge in [0.15, 0.2) is 0 Å². The van der Waals surface area contributed by atoms with Gasteiger partial charge in [-0.05, 0) is 50.6 Å². The summed E-state index contributed by atoms with van der Waals surface area (Å²) in [5.74, 6) is -1.66. The predicted molar refractivity (Wildman–Crippen MR) is 185 cm³/mol. The molecule has 6 rings (SSSR count). The number of amides is 1. The first kappa shape index (κ1) is 38.0. The zero-order valence-corrected chi connectivity index (χ0v) is 29.7. The number of aromatic nitrogens is 2. The highest BCUT2D eigenvalue weighted by molar-refractivity contribution is 7.23. The van der Waals surface area contributed by atoms with Gasteiger partial charge in [0.25, 0.3) is 0 Å². The molecule has 4 heterocycles. The fourth-order valence-electron chi connectivity index (χ4n) is 7.44. The van der Waals surface area contributed by atoms with E-state index in [9.17, 15) is 10.1 Å². The molecule has 2 aliphatic heterocycles. The zero-order valence-electron chi connectivity index (χ0n) is 28.9. The number of nitrogens with zero attached hydrogens (tertiary/aromatic N) is 6. The monoisotopic (exact) mass is 765 g/mol. The summed E-state index contributed by atoms with van der Waals surface area (Å²) >= 11 is 0.535. The van der Waals surface area contributed by atoms with E-state index >= 15 is 30.7 Å². The molecule has 2 aromatic carbocycles. The molecule has 4 atom stereocenters. The van der Waals surface area contributed by atoms with E-state index in [1.807, 2.05) is 11.9 Å². The molecular weight excluding hydrogens is 731 g/mol. The highest BCUT2D eigenvalue weighted by Gasteiger charge is 2.46. The van der Waals surface area contributed by atoms with Crippen LogP contribution in [0.4, 0.5) is 41.6 Å². The smallest absolute Gasteiger partial charge is 0.419 e. The van der Waals surface area contributed by atoms with Gasteiger partial charge in [-0.2, -0.15) is 41.6 Å². The number of hydrogen-bond donors (Lipinski definition) is 1. The summed E-state index contributed by atoms with van der Waals surface area (Å²) in [6.45, 7) is 5.94. The number of nitrogen functional groups attached to an aromatic ring is 1. The second kappa shape index (κ2) is 13.9. The fourth-order valence-corrected chi connectivity index (χ4v) is 8.39. The molecule has 282 valence electrons. The highest BCUT2D eigenvalue weighted by Crippen LogP contribution is 2.52. The number of halogens is 7. The van der Waals surface area contributed by atoms with Gasteiger partial charge < -0.3 is 25.0 Å². The van der Waals surface area contributed by atoms with Crippen molar-refractivity contribution in [3.63, 3.8) is 0 Å². The lowest BCUT2D eigenvalue weighted by molar-refractivity contribution is -0.141. The topological polar surface area (TPSA) is 121 Å². The Hall–Kier alpha value is -4.73. The quantitative estimate of drug-likeness (QED) is 0.152. The second-order valence-corrected chi connectivity index (χ2v) is 14.1. The number of alkyl halides is 6. The molecule has 2 unspecified atom stereocenters. The zero-order chi connectivity index (χ0) is 38.7. The lowest BCUT2D eigenvalue weighted by Gasteiger charge is -2.32. The third-order valence-electron chi connectivity index (χ3n) is 10.1. The first-order chi connectivity index (χ1) is 24.9. The van der Waals surface area contributed by atoms with Gasteiger partial charge >= 0.3 is 18.4 Å². The summed E-state index contributed by atoms with van der Waals surface area (Å²) in [7, 11) is 4.83. The van der Waals surface area contributed by atoms with E-state index in [1.54, 1.807) is 20.1 Å². The minimum atomic E-state index is -5.49. The first-order valence-electron chi connectivity index (χ1n) is 16.4. The summed E-state index contributed by atoms with van der Waals surface area (Å²) in [5.41, 5.74) is -1.02. The number of ether oxygens (including phenoxy) is 2. The van der Waals surface area contributed by atoms with Gasteiger partial charge in [-0.1, -0.05) is 12.6 Å². The van der Waals surface area contributed by atoms with Gasteiger partial charge in [0, 0.05) is 55.7 Å². The van der Waals surface area contributed by atoms with Crippen molar-refractivity contribution < 1.29 is 45.0 Å². The average Bonchev–Trinajstić information content (AvgIpc) is 3.78. The van der Waals surface area contributed by atoms with E-state index in [1.165, 1.54) is 16.8 Å². The van der Waals surface area contributed by atoms with Crippen LogP contribution < -0.4 is 15.4 Å². The van der Waals surface area contributed by atoms with Gasteiger partial charge in [0.2, 0.25) is 5.91 Å². The second-order valence-electron chi connectivity index (χ2n) is 13.1. The molecule has 0 radical (unpaired) electrons. The maximum atomic E-state index is 15.6. The summed E-state index contributed by atoms with van der Waals surface area (Å²) < 4.78 is 118. The molecule has 0 spiro atoms. The molecule has 2 fully saturated rings. The molecular formula is C35H34F7N7O3S. The number of thiophene rings is 1. The SMILES string of the molecule is C=CC(=O)N1CCC(N(C)c2nc(OC[C@@H]3C[C@@H](OC)CN3C)nc3c(C(F)(F)F)c(-c4ccc(F)c5sc(N)c(C#N)c45)c(C(F)(F)F)cc23)C1C. The Kier molecular flexibility index (Phi) is 9.98. The van der Waals surface area contributed by atoms with Crippen LogP contribution in [-0.2, 0) is 21.9 Å². The Bertz CT molecular complexity index is 2150. The normalized spacial score (nSPS) is 21.1. The van der Waals surface area contributed by atoms with Gasteiger partial charge in [-0.15, -0.1) is 11.3 Å². The minimum absolute atomic E-state index is 0.0837. The first-order valence-corrected chi connectivity index (χ1v) is 17.2. The number of nitriles is 1. The van der Waals surface area contributed by atoms with Crippen LogP contribution in [0.5, 0.6) is 6.01 Å². The van der Waals surface area contributed by atoms with Crippen LogP contribution >= 0.6 is 11.3 Å². The molecule has 0 saturated carbocycles. The molecule has 0 aliphatic carbocycles. The van der Waals surface area contributed by atoms with Crippen LogP contribution in [-0.4, -0.2) is 90.8 Å². The number of likely N-dealkylation sites (tertiary alicyclic amines) is 2. The number of carbonyl (C=O) groups is 1. The molecule has 2 saturated heterocycles. The number of rotatable bonds is 8. The van der Waals surface area contributed by atoms with E-state index in [2.05, 4.69) is 16.5 Å². The van der Waals surface area contributed by atoms with Crippen molar-refractivity contribution in [3.05, 3.63) is 53.4 Å². The Balaban J connectivity index is 1.66. The number of benzene rings is 2. The Morgan fingerprint density at radius 2 is 1.94 bits per heavy atom. The number of anilines is 2.